The van der Waals surface area contributed by atoms with Crippen molar-refractivity contribution in [1.29, 1.82) is 0 Å². The maximum Gasteiger partial charge on any atom is 0.249 e. The number of aliphatic hydroxyl groups excluding tert-OH is 2. The molecule has 110 valence electrons. The van der Waals surface area contributed by atoms with E-state index in [0.717, 1.165) is 24.8 Å². The van der Waals surface area contributed by atoms with Crippen LogP contribution in [0.3, 0.4) is 0 Å². The molecule has 1 aliphatic rings. The minimum Gasteiger partial charge on any atom is -0.396 e. The zero-order valence-electron chi connectivity index (χ0n) is 11.8. The summed E-state index contributed by atoms with van der Waals surface area (Å²) in [5, 5.41) is 22.3. The third-order valence-corrected chi connectivity index (χ3v) is 4.28. The predicted molar refractivity (Wildman–Crippen MR) is 76.9 cm³/mol. The highest BCUT2D eigenvalue weighted by Gasteiger charge is 2.36. The molecule has 0 radical (unpaired) electrons. The smallest absolute Gasteiger partial charge is 0.249 e. The molecule has 4 nitrogen and oxygen atoms in total. The lowest BCUT2D eigenvalue weighted by Crippen LogP contribution is -2.42. The minimum absolute atomic E-state index is 0.0442. The fraction of sp³-hybridized carbons (Fsp3) is 0.562. The second-order valence-electron chi connectivity index (χ2n) is 5.62. The van der Waals surface area contributed by atoms with Gasteiger partial charge in [-0.25, -0.2) is 0 Å². The van der Waals surface area contributed by atoms with Gasteiger partial charge in [-0.15, -0.1) is 0 Å². The molecule has 0 aliphatic heterocycles. The molecule has 2 rings (SSSR count). The minimum atomic E-state index is -1.03. The van der Waals surface area contributed by atoms with Crippen LogP contribution in [0.25, 0.3) is 0 Å². The highest BCUT2D eigenvalue weighted by molar-refractivity contribution is 5.81. The first kappa shape index (κ1) is 15.0. The molecule has 0 unspecified atom stereocenters. The Morgan fingerprint density at radius 3 is 2.70 bits per heavy atom. The molecule has 1 amide bonds. The highest BCUT2D eigenvalue weighted by atomic mass is 16.3. The quantitative estimate of drug-likeness (QED) is 0.766. The van der Waals surface area contributed by atoms with E-state index in [1.807, 2.05) is 37.3 Å². The van der Waals surface area contributed by atoms with Gasteiger partial charge >= 0.3 is 0 Å². The summed E-state index contributed by atoms with van der Waals surface area (Å²) in [4.78, 5) is 12.1. The summed E-state index contributed by atoms with van der Waals surface area (Å²) in [6.45, 7) is 1.95. The number of hydrogen-bond acceptors (Lipinski definition) is 3. The van der Waals surface area contributed by atoms with Gasteiger partial charge in [-0.3, -0.25) is 4.79 Å². The van der Waals surface area contributed by atoms with E-state index in [0.29, 0.717) is 0 Å². The van der Waals surface area contributed by atoms with E-state index in [2.05, 4.69) is 5.32 Å². The number of aliphatic hydroxyl groups is 2. The van der Waals surface area contributed by atoms with Crippen molar-refractivity contribution in [3.63, 3.8) is 0 Å². The average molecular weight is 277 g/mol. The van der Waals surface area contributed by atoms with Crippen LogP contribution in [0.5, 0.6) is 0 Å². The lowest BCUT2D eigenvalue weighted by Gasteiger charge is -2.24. The van der Waals surface area contributed by atoms with Crippen LogP contribution < -0.4 is 5.32 Å². The number of hydrogen-bond donors (Lipinski definition) is 3. The van der Waals surface area contributed by atoms with Gasteiger partial charge in [-0.05, 0) is 37.2 Å². The molecule has 1 aromatic carbocycles. The second-order valence-corrected chi connectivity index (χ2v) is 5.62. The Morgan fingerprint density at radius 1 is 1.35 bits per heavy atom. The molecule has 0 spiro atoms. The first-order valence-electron chi connectivity index (χ1n) is 7.27. The lowest BCUT2D eigenvalue weighted by atomic mass is 9.90. The molecule has 1 aromatic rings. The van der Waals surface area contributed by atoms with Crippen molar-refractivity contribution in [3.8, 4) is 0 Å². The van der Waals surface area contributed by atoms with Gasteiger partial charge in [0.15, 0.2) is 0 Å². The van der Waals surface area contributed by atoms with E-state index in [1.54, 1.807) is 0 Å². The number of nitrogens with one attached hydrogen (secondary N) is 1. The Hall–Kier alpha value is -1.39. The molecule has 0 bridgehead atoms. The van der Waals surface area contributed by atoms with Crippen molar-refractivity contribution in [2.75, 3.05) is 6.61 Å². The van der Waals surface area contributed by atoms with Crippen LogP contribution in [0.4, 0.5) is 0 Å². The van der Waals surface area contributed by atoms with E-state index in [-0.39, 0.29) is 30.4 Å². The van der Waals surface area contributed by atoms with E-state index < -0.39 is 6.10 Å². The van der Waals surface area contributed by atoms with E-state index >= 15 is 0 Å². The first-order chi connectivity index (χ1) is 9.63. The highest BCUT2D eigenvalue weighted by Crippen LogP contribution is 2.34. The van der Waals surface area contributed by atoms with Crippen LogP contribution >= 0.6 is 0 Å². The van der Waals surface area contributed by atoms with Gasteiger partial charge in [0.05, 0.1) is 6.04 Å². The fourth-order valence-electron chi connectivity index (χ4n) is 3.03. The molecule has 3 N–H and O–H groups in total. The number of benzene rings is 1. The SMILES string of the molecule is C[C@@H](NC(=O)[C@@H](O)[C@@H]1CCC[C@@H]1CO)c1ccccc1. The zero-order valence-corrected chi connectivity index (χ0v) is 11.8. The number of carbonyl (C=O) groups is 1. The van der Waals surface area contributed by atoms with Crippen molar-refractivity contribution in [1.82, 2.24) is 5.32 Å². The van der Waals surface area contributed by atoms with Gasteiger partial charge in [0, 0.05) is 6.61 Å². The summed E-state index contributed by atoms with van der Waals surface area (Å²) < 4.78 is 0. The number of rotatable bonds is 5. The molecule has 1 aliphatic carbocycles. The summed E-state index contributed by atoms with van der Waals surface area (Å²) in [6.07, 6.45) is 1.63. The molecule has 4 heteroatoms. The summed E-state index contributed by atoms with van der Waals surface area (Å²) in [5.41, 5.74) is 1.01. The van der Waals surface area contributed by atoms with E-state index in [1.165, 1.54) is 0 Å². The Bertz CT molecular complexity index is 435. The standard InChI is InChI=1S/C16H23NO3/c1-11(12-6-3-2-4-7-12)17-16(20)15(19)14-9-5-8-13(14)10-18/h2-4,6-7,11,13-15,18-19H,5,8-10H2,1H3,(H,17,20)/t11-,13-,14-,15+/m1/s1. The van der Waals surface area contributed by atoms with Gasteiger partial charge in [-0.2, -0.15) is 0 Å². The predicted octanol–water partition coefficient (Wildman–Crippen LogP) is 1.63. The van der Waals surface area contributed by atoms with Gasteiger partial charge < -0.3 is 15.5 Å². The van der Waals surface area contributed by atoms with Crippen LogP contribution in [-0.2, 0) is 4.79 Å². The van der Waals surface area contributed by atoms with Crippen molar-refractivity contribution >= 4 is 5.91 Å². The van der Waals surface area contributed by atoms with Gasteiger partial charge in [0.1, 0.15) is 6.10 Å². The van der Waals surface area contributed by atoms with Crippen LogP contribution in [-0.4, -0.2) is 28.8 Å². The normalized spacial score (nSPS) is 25.1. The topological polar surface area (TPSA) is 69.6 Å². The summed E-state index contributed by atoms with van der Waals surface area (Å²) in [5.74, 6) is -0.419. The molecule has 0 aromatic heterocycles. The molecule has 4 atom stereocenters. The Kier molecular flexibility index (Phi) is 5.15. The Balaban J connectivity index is 1.94. The van der Waals surface area contributed by atoms with Crippen LogP contribution in [0, 0.1) is 11.8 Å². The number of amides is 1. The molecule has 0 saturated heterocycles. The zero-order chi connectivity index (χ0) is 14.5. The molecule has 1 saturated carbocycles. The average Bonchev–Trinajstić information content (AvgIpc) is 2.95. The van der Waals surface area contributed by atoms with Crippen LogP contribution in [0.1, 0.15) is 37.8 Å². The summed E-state index contributed by atoms with van der Waals surface area (Å²) in [7, 11) is 0. The molecular formula is C16H23NO3. The summed E-state index contributed by atoms with van der Waals surface area (Å²) in [6, 6.07) is 9.54. The largest absolute Gasteiger partial charge is 0.396 e. The van der Waals surface area contributed by atoms with Gasteiger partial charge in [0.25, 0.3) is 0 Å². The van der Waals surface area contributed by atoms with Crippen molar-refractivity contribution in [2.45, 2.75) is 38.3 Å². The second kappa shape index (κ2) is 6.86. The maximum absolute atomic E-state index is 12.1. The maximum atomic E-state index is 12.1. The third-order valence-electron chi connectivity index (χ3n) is 4.28. The Morgan fingerprint density at radius 2 is 2.05 bits per heavy atom. The van der Waals surface area contributed by atoms with Crippen LogP contribution in [0.15, 0.2) is 30.3 Å². The number of carbonyl (C=O) groups excluding carboxylic acids is 1. The summed E-state index contributed by atoms with van der Waals surface area (Å²) >= 11 is 0. The van der Waals surface area contributed by atoms with Gasteiger partial charge in [0.2, 0.25) is 5.91 Å². The molecule has 0 heterocycles. The van der Waals surface area contributed by atoms with E-state index in [4.69, 9.17) is 0 Å². The van der Waals surface area contributed by atoms with Crippen molar-refractivity contribution < 1.29 is 15.0 Å². The first-order valence-corrected chi connectivity index (χ1v) is 7.27. The fourth-order valence-corrected chi connectivity index (χ4v) is 3.03. The molecular weight excluding hydrogens is 254 g/mol. The van der Waals surface area contributed by atoms with Crippen LogP contribution in [0.2, 0.25) is 0 Å². The van der Waals surface area contributed by atoms with Gasteiger partial charge in [-0.1, -0.05) is 36.8 Å². The third kappa shape index (κ3) is 3.38. The molecule has 20 heavy (non-hydrogen) atoms. The lowest BCUT2D eigenvalue weighted by molar-refractivity contribution is -0.133. The monoisotopic (exact) mass is 277 g/mol. The molecule has 1 fully saturated rings. The van der Waals surface area contributed by atoms with Crippen molar-refractivity contribution in [2.24, 2.45) is 11.8 Å². The Labute approximate surface area is 119 Å². The van der Waals surface area contributed by atoms with E-state index in [9.17, 15) is 15.0 Å². The van der Waals surface area contributed by atoms with Crippen molar-refractivity contribution in [3.05, 3.63) is 35.9 Å².